The van der Waals surface area contributed by atoms with Gasteiger partial charge in [0.1, 0.15) is 18.2 Å². The topological polar surface area (TPSA) is 60.4 Å². The fourth-order valence-electron chi connectivity index (χ4n) is 5.87. The Hall–Kier alpha value is -0.280. The average molecular weight is 612 g/mol. The molecule has 0 aliphatic heterocycles. The number of rotatable bonds is 32. The summed E-state index contributed by atoms with van der Waals surface area (Å²) in [7, 11) is 6.47. The molecule has 250 valence electrons. The number of hydrogen-bond donors (Lipinski definition) is 1. The van der Waals surface area contributed by atoms with Crippen LogP contribution in [0.25, 0.3) is 0 Å². The molecule has 0 radical (unpaired) electrons. The van der Waals surface area contributed by atoms with E-state index in [-0.39, 0.29) is 11.3 Å². The maximum absolute atomic E-state index is 13.2. The van der Waals surface area contributed by atoms with E-state index in [0.29, 0.717) is 32.1 Å². The summed E-state index contributed by atoms with van der Waals surface area (Å²) in [4.78, 5) is 13.2. The molecule has 0 bridgehead atoms. The predicted octanol–water partition coefficient (Wildman–Crippen LogP) is 10.2. The van der Waals surface area contributed by atoms with Crippen molar-refractivity contribution < 1.29 is 19.5 Å². The van der Waals surface area contributed by atoms with Gasteiger partial charge in [0, 0.05) is 12.3 Å². The number of unbranched alkanes of at least 4 members (excludes halogenated alkanes) is 23. The van der Waals surface area contributed by atoms with Crippen molar-refractivity contribution in [1.82, 2.24) is 0 Å². The van der Waals surface area contributed by atoms with Crippen molar-refractivity contribution in [3.05, 3.63) is 0 Å². The van der Waals surface area contributed by atoms with Crippen LogP contribution in [0.15, 0.2) is 0 Å². The van der Waals surface area contributed by atoms with Crippen LogP contribution in [0.1, 0.15) is 187 Å². The Labute approximate surface area is 265 Å². The van der Waals surface area contributed by atoms with E-state index < -0.39 is 11.8 Å². The molecule has 2 unspecified atom stereocenters. The molecule has 0 aliphatic rings. The molecule has 0 aromatic carbocycles. The second-order valence-corrected chi connectivity index (χ2v) is 15.4. The Morgan fingerprint density at radius 2 is 0.929 bits per heavy atom. The molecule has 42 heavy (non-hydrogen) atoms. The zero-order valence-electron chi connectivity index (χ0n) is 29.1. The largest absolute Gasteiger partial charge is 0.827 e. The molecule has 4 nitrogen and oxygen atoms in total. The summed E-state index contributed by atoms with van der Waals surface area (Å²) in [6.45, 7) is 5.06. The zero-order chi connectivity index (χ0) is 31.3. The molecule has 0 spiro atoms. The lowest BCUT2D eigenvalue weighted by Gasteiger charge is -2.28. The molecule has 5 heteroatoms. The van der Waals surface area contributed by atoms with Crippen molar-refractivity contribution in [3.63, 3.8) is 0 Å². The normalized spacial score (nSPS) is 13.9. The Bertz CT molecular complexity index is 631. The maximum atomic E-state index is 13.2. The van der Waals surface area contributed by atoms with E-state index in [1.165, 1.54) is 135 Å². The van der Waals surface area contributed by atoms with Crippen molar-refractivity contribution >= 4 is 19.5 Å². The third kappa shape index (κ3) is 28.5. The van der Waals surface area contributed by atoms with Gasteiger partial charge in [-0.3, -0.25) is 4.79 Å². The molecular weight excluding hydrogens is 537 g/mol. The van der Waals surface area contributed by atoms with E-state index in [2.05, 4.69) is 13.8 Å². The molecule has 2 atom stereocenters. The van der Waals surface area contributed by atoms with Crippen molar-refractivity contribution in [1.29, 1.82) is 0 Å². The van der Waals surface area contributed by atoms with Gasteiger partial charge in [-0.15, -0.1) is 5.48 Å². The van der Waals surface area contributed by atoms with E-state index in [4.69, 9.17) is 0 Å². The van der Waals surface area contributed by atoms with E-state index in [1.807, 2.05) is 21.1 Å². The summed E-state index contributed by atoms with van der Waals surface area (Å²) in [5, 5.41) is 23.6. The SMILES string of the molecule is CCCCCCCCCCCCCCCCC(C(=O)CCCCCCCCCCCCC)C([O-])=PC(O)C[N+](C)(C)C. The highest BCUT2D eigenvalue weighted by Gasteiger charge is 2.19. The quantitative estimate of drug-likeness (QED) is 0.0468. The molecule has 0 aliphatic carbocycles. The van der Waals surface area contributed by atoms with Crippen LogP contribution in [0.5, 0.6) is 0 Å². The number of Topliss-reactive ketones (excluding diaryl/α,β-unsaturated/α-hetero) is 1. The fraction of sp³-hybridized carbons (Fsp3) is 0.946. The number of aliphatic hydroxyl groups is 1. The fourth-order valence-corrected chi connectivity index (χ4v) is 7.19. The second kappa shape index (κ2) is 29.4. The minimum atomic E-state index is -0.703. The lowest BCUT2D eigenvalue weighted by molar-refractivity contribution is -0.871. The molecule has 0 heterocycles. The predicted molar refractivity (Wildman–Crippen MR) is 185 cm³/mol. The highest BCUT2D eigenvalue weighted by molar-refractivity contribution is 7.40. The Balaban J connectivity index is 4.33. The lowest BCUT2D eigenvalue weighted by atomic mass is 9.93. The van der Waals surface area contributed by atoms with Crippen LogP contribution in [0.3, 0.4) is 0 Å². The lowest BCUT2D eigenvalue weighted by Crippen LogP contribution is -2.40. The van der Waals surface area contributed by atoms with Crippen LogP contribution in [0, 0.1) is 5.92 Å². The second-order valence-electron chi connectivity index (χ2n) is 14.1. The van der Waals surface area contributed by atoms with E-state index in [1.54, 1.807) is 0 Å². The summed E-state index contributed by atoms with van der Waals surface area (Å²) in [5.74, 6) is -1.10. The molecule has 0 aromatic heterocycles. The van der Waals surface area contributed by atoms with Crippen LogP contribution in [0.2, 0.25) is 0 Å². The van der Waals surface area contributed by atoms with E-state index >= 15 is 0 Å². The van der Waals surface area contributed by atoms with Crippen molar-refractivity contribution in [2.45, 2.75) is 193 Å². The number of carbonyl (C=O) groups is 1. The van der Waals surface area contributed by atoms with Gasteiger partial charge in [-0.1, -0.05) is 176 Å². The van der Waals surface area contributed by atoms with Gasteiger partial charge in [0.25, 0.3) is 0 Å². The number of carbonyl (C=O) groups excluding carboxylic acids is 1. The molecule has 0 fully saturated rings. The van der Waals surface area contributed by atoms with Crippen LogP contribution in [0.4, 0.5) is 0 Å². The minimum absolute atomic E-state index is 0.0567. The van der Waals surface area contributed by atoms with Gasteiger partial charge in [0.2, 0.25) is 0 Å². The standard InChI is InChI=1S/C37H74NO3P/c1-6-8-10-12-14-16-18-19-20-22-23-25-27-29-31-34(37(41)42-36(40)33-38(3,4)5)35(39)32-30-28-26-24-21-17-15-13-11-9-7-2/h34,36,40H,6-33H2,1-5H3. The van der Waals surface area contributed by atoms with Crippen molar-refractivity contribution in [2.75, 3.05) is 27.7 Å². The first-order valence-electron chi connectivity index (χ1n) is 18.5. The average Bonchev–Trinajstić information content (AvgIpc) is 2.92. The van der Waals surface area contributed by atoms with Gasteiger partial charge in [0.15, 0.2) is 0 Å². The Kier molecular flexibility index (Phi) is 29.2. The van der Waals surface area contributed by atoms with Gasteiger partial charge >= 0.3 is 0 Å². The third-order valence-corrected chi connectivity index (χ3v) is 9.57. The third-order valence-electron chi connectivity index (χ3n) is 8.55. The summed E-state index contributed by atoms with van der Waals surface area (Å²) in [6.07, 6.45) is 33.3. The van der Waals surface area contributed by atoms with E-state index in [0.717, 1.165) is 25.7 Å². The highest BCUT2D eigenvalue weighted by atomic mass is 31.1. The number of likely N-dealkylation sites (N-methyl/N-ethyl adjacent to an activating group) is 1. The first kappa shape index (κ1) is 41.7. The summed E-state index contributed by atoms with van der Waals surface area (Å²) >= 11 is 0. The van der Waals surface area contributed by atoms with E-state index in [9.17, 15) is 15.0 Å². The number of aliphatic hydroxyl groups excluding tert-OH is 1. The van der Waals surface area contributed by atoms with Crippen LogP contribution >= 0.6 is 8.20 Å². The molecular formula is C37H74NO3P. The van der Waals surface area contributed by atoms with Crippen LogP contribution in [-0.2, 0) is 4.79 Å². The smallest absolute Gasteiger partial charge is 0.142 e. The summed E-state index contributed by atoms with van der Waals surface area (Å²) < 4.78 is 0.609. The van der Waals surface area contributed by atoms with Gasteiger partial charge in [-0.05, 0) is 12.8 Å². The number of ketones is 1. The minimum Gasteiger partial charge on any atom is -0.827 e. The molecule has 0 amide bonds. The molecule has 1 N–H and O–H groups in total. The van der Waals surface area contributed by atoms with Gasteiger partial charge in [-0.25, -0.2) is 0 Å². The number of quaternary nitrogens is 1. The Morgan fingerprint density at radius 1 is 0.595 bits per heavy atom. The zero-order valence-corrected chi connectivity index (χ0v) is 30.0. The number of hydrogen-bond acceptors (Lipinski definition) is 3. The molecule has 0 rings (SSSR count). The Morgan fingerprint density at radius 3 is 1.29 bits per heavy atom. The van der Waals surface area contributed by atoms with Crippen LogP contribution in [-0.4, -0.2) is 54.4 Å². The first-order valence-corrected chi connectivity index (χ1v) is 19.4. The van der Waals surface area contributed by atoms with Crippen molar-refractivity contribution in [2.24, 2.45) is 5.92 Å². The van der Waals surface area contributed by atoms with Crippen LogP contribution < -0.4 is 5.11 Å². The molecule has 0 saturated carbocycles. The summed E-state index contributed by atoms with van der Waals surface area (Å²) in [6, 6.07) is 0. The van der Waals surface area contributed by atoms with Gasteiger partial charge in [-0.2, -0.15) is 0 Å². The van der Waals surface area contributed by atoms with Gasteiger partial charge < -0.3 is 14.7 Å². The number of nitrogens with zero attached hydrogens (tertiary/aromatic N) is 1. The highest BCUT2D eigenvalue weighted by Crippen LogP contribution is 2.22. The summed E-state index contributed by atoms with van der Waals surface area (Å²) in [5.41, 5.74) is -0.0567. The van der Waals surface area contributed by atoms with Gasteiger partial charge in [0.05, 0.1) is 21.1 Å². The monoisotopic (exact) mass is 612 g/mol. The maximum Gasteiger partial charge on any atom is 0.142 e. The van der Waals surface area contributed by atoms with Crippen molar-refractivity contribution in [3.8, 4) is 0 Å². The first-order chi connectivity index (χ1) is 20.2. The molecule has 0 aromatic rings. The molecule has 0 saturated heterocycles.